The summed E-state index contributed by atoms with van der Waals surface area (Å²) >= 11 is 6.22. The van der Waals surface area contributed by atoms with E-state index in [2.05, 4.69) is 16.5 Å². The molecule has 5 nitrogen and oxygen atoms in total. The lowest BCUT2D eigenvalue weighted by atomic mass is 10.0. The van der Waals surface area contributed by atoms with Crippen molar-refractivity contribution in [3.05, 3.63) is 46.2 Å². The zero-order valence-electron chi connectivity index (χ0n) is 11.8. The first-order chi connectivity index (χ1) is 10.2. The SMILES string of the molecule is COCCn1ncc(Cl)c1C(O)c1cccc2c1NCC2. The molecular formula is C15H18ClN3O2. The highest BCUT2D eigenvalue weighted by molar-refractivity contribution is 6.31. The molecule has 21 heavy (non-hydrogen) atoms. The maximum atomic E-state index is 10.8. The molecule has 6 heteroatoms. The number of aliphatic hydroxyl groups excluding tert-OH is 1. The highest BCUT2D eigenvalue weighted by atomic mass is 35.5. The first-order valence-corrected chi connectivity index (χ1v) is 7.34. The van der Waals surface area contributed by atoms with E-state index in [9.17, 15) is 5.11 Å². The van der Waals surface area contributed by atoms with Crippen molar-refractivity contribution < 1.29 is 9.84 Å². The van der Waals surface area contributed by atoms with Crippen molar-refractivity contribution >= 4 is 17.3 Å². The van der Waals surface area contributed by atoms with Crippen LogP contribution in [0.1, 0.15) is 22.9 Å². The van der Waals surface area contributed by atoms with Gasteiger partial charge in [0.05, 0.1) is 30.1 Å². The third kappa shape index (κ3) is 2.64. The van der Waals surface area contributed by atoms with Crippen LogP contribution in [-0.2, 0) is 17.7 Å². The van der Waals surface area contributed by atoms with Gasteiger partial charge in [-0.3, -0.25) is 4.68 Å². The van der Waals surface area contributed by atoms with E-state index < -0.39 is 6.10 Å². The van der Waals surface area contributed by atoms with Crippen molar-refractivity contribution in [2.45, 2.75) is 19.1 Å². The molecule has 0 spiro atoms. The Morgan fingerprint density at radius 2 is 2.38 bits per heavy atom. The van der Waals surface area contributed by atoms with E-state index in [4.69, 9.17) is 16.3 Å². The first kappa shape index (κ1) is 14.4. The average Bonchev–Trinajstić information content (AvgIpc) is 3.10. The number of benzene rings is 1. The predicted octanol–water partition coefficient (Wildman–Crippen LogP) is 2.23. The number of aliphatic hydroxyl groups is 1. The summed E-state index contributed by atoms with van der Waals surface area (Å²) in [5.74, 6) is 0. The molecule has 2 heterocycles. The highest BCUT2D eigenvalue weighted by Crippen LogP contribution is 2.36. The number of hydrogen-bond donors (Lipinski definition) is 2. The van der Waals surface area contributed by atoms with Crippen LogP contribution in [0.15, 0.2) is 24.4 Å². The number of nitrogens with zero attached hydrogens (tertiary/aromatic N) is 2. The number of para-hydroxylation sites is 1. The standard InChI is InChI=1S/C15H18ClN3O2/c1-21-8-7-19-14(12(16)9-18-19)15(20)11-4-2-3-10-5-6-17-13(10)11/h2-4,9,15,17,20H,5-8H2,1H3. The number of fused-ring (bicyclic) bond motifs is 1. The van der Waals surface area contributed by atoms with E-state index in [-0.39, 0.29) is 0 Å². The van der Waals surface area contributed by atoms with Crippen LogP contribution < -0.4 is 5.32 Å². The molecule has 0 radical (unpaired) electrons. The molecule has 0 amide bonds. The number of anilines is 1. The monoisotopic (exact) mass is 307 g/mol. The van der Waals surface area contributed by atoms with Gasteiger partial charge < -0.3 is 15.2 Å². The summed E-state index contributed by atoms with van der Waals surface area (Å²) < 4.78 is 6.77. The molecule has 2 aromatic rings. The van der Waals surface area contributed by atoms with E-state index in [1.807, 2.05) is 12.1 Å². The van der Waals surface area contributed by atoms with Crippen LogP contribution >= 0.6 is 11.6 Å². The van der Waals surface area contributed by atoms with Crippen molar-refractivity contribution in [1.82, 2.24) is 9.78 Å². The maximum Gasteiger partial charge on any atom is 0.124 e. The number of rotatable bonds is 5. The molecule has 1 aromatic carbocycles. The molecule has 1 aliphatic rings. The largest absolute Gasteiger partial charge is 0.384 e. The summed E-state index contributed by atoms with van der Waals surface area (Å²) in [4.78, 5) is 0. The van der Waals surface area contributed by atoms with Crippen molar-refractivity contribution in [1.29, 1.82) is 0 Å². The maximum absolute atomic E-state index is 10.8. The van der Waals surface area contributed by atoms with Crippen LogP contribution in [0.25, 0.3) is 0 Å². The van der Waals surface area contributed by atoms with Gasteiger partial charge in [0.1, 0.15) is 6.10 Å². The molecule has 0 fully saturated rings. The minimum absolute atomic E-state index is 0.467. The second-order valence-corrected chi connectivity index (χ2v) is 5.46. The fraction of sp³-hybridized carbons (Fsp3) is 0.400. The predicted molar refractivity (Wildman–Crippen MR) is 81.8 cm³/mol. The molecular weight excluding hydrogens is 290 g/mol. The topological polar surface area (TPSA) is 59.3 Å². The Hall–Kier alpha value is -1.56. The minimum atomic E-state index is -0.808. The van der Waals surface area contributed by atoms with Gasteiger partial charge in [0.15, 0.2) is 0 Å². The summed E-state index contributed by atoms with van der Waals surface area (Å²) in [5.41, 5.74) is 3.69. The summed E-state index contributed by atoms with van der Waals surface area (Å²) in [7, 11) is 1.63. The third-order valence-corrected chi connectivity index (χ3v) is 4.06. The van der Waals surface area contributed by atoms with Crippen LogP contribution in [0.4, 0.5) is 5.69 Å². The third-order valence-electron chi connectivity index (χ3n) is 3.77. The summed E-state index contributed by atoms with van der Waals surface area (Å²) in [6.45, 7) is 1.97. The van der Waals surface area contributed by atoms with E-state index in [1.165, 1.54) is 5.56 Å². The normalized spacial score (nSPS) is 14.8. The first-order valence-electron chi connectivity index (χ1n) is 6.96. The van der Waals surface area contributed by atoms with Crippen LogP contribution in [0.3, 0.4) is 0 Å². The van der Waals surface area contributed by atoms with Gasteiger partial charge in [0, 0.05) is 24.9 Å². The van der Waals surface area contributed by atoms with E-state index in [0.717, 1.165) is 24.2 Å². The van der Waals surface area contributed by atoms with Gasteiger partial charge in [-0.1, -0.05) is 29.8 Å². The molecule has 3 rings (SSSR count). The molecule has 112 valence electrons. The molecule has 1 aromatic heterocycles. The summed E-state index contributed by atoms with van der Waals surface area (Å²) in [6.07, 6.45) is 1.73. The zero-order chi connectivity index (χ0) is 14.8. The van der Waals surface area contributed by atoms with Gasteiger partial charge in [-0.25, -0.2) is 0 Å². The quantitative estimate of drug-likeness (QED) is 0.889. The van der Waals surface area contributed by atoms with E-state index >= 15 is 0 Å². The average molecular weight is 308 g/mol. The molecule has 1 atom stereocenters. The fourth-order valence-corrected chi connectivity index (χ4v) is 2.99. The van der Waals surface area contributed by atoms with Gasteiger partial charge in [-0.15, -0.1) is 0 Å². The number of nitrogens with one attached hydrogen (secondary N) is 1. The van der Waals surface area contributed by atoms with Gasteiger partial charge in [0.25, 0.3) is 0 Å². The Morgan fingerprint density at radius 1 is 1.52 bits per heavy atom. The minimum Gasteiger partial charge on any atom is -0.384 e. The van der Waals surface area contributed by atoms with Gasteiger partial charge in [-0.2, -0.15) is 5.10 Å². The Bertz CT molecular complexity index is 642. The highest BCUT2D eigenvalue weighted by Gasteiger charge is 2.25. The number of methoxy groups -OCH3 is 1. The molecule has 0 bridgehead atoms. The molecule has 1 unspecified atom stereocenters. The fourth-order valence-electron chi connectivity index (χ4n) is 2.74. The summed E-state index contributed by atoms with van der Waals surface area (Å²) in [6, 6.07) is 5.97. The molecule has 0 saturated carbocycles. The van der Waals surface area contributed by atoms with E-state index in [1.54, 1.807) is 18.0 Å². The number of halogens is 1. The van der Waals surface area contributed by atoms with Crippen LogP contribution in [0.2, 0.25) is 5.02 Å². The number of ether oxygens (including phenoxy) is 1. The summed E-state index contributed by atoms with van der Waals surface area (Å²) in [5, 5.41) is 18.8. The van der Waals surface area contributed by atoms with Crippen molar-refractivity contribution in [3.8, 4) is 0 Å². The lowest BCUT2D eigenvalue weighted by Gasteiger charge is -2.17. The lowest BCUT2D eigenvalue weighted by Crippen LogP contribution is -2.14. The second-order valence-electron chi connectivity index (χ2n) is 5.05. The molecule has 0 saturated heterocycles. The van der Waals surface area contributed by atoms with Crippen LogP contribution in [0.5, 0.6) is 0 Å². The van der Waals surface area contributed by atoms with E-state index in [0.29, 0.717) is 23.9 Å². The van der Waals surface area contributed by atoms with Gasteiger partial charge in [-0.05, 0) is 12.0 Å². The Kier molecular flexibility index (Phi) is 4.14. The Balaban J connectivity index is 1.97. The molecule has 2 N–H and O–H groups in total. The van der Waals surface area contributed by atoms with Gasteiger partial charge in [0.2, 0.25) is 0 Å². The zero-order valence-corrected chi connectivity index (χ0v) is 12.6. The molecule has 0 aliphatic carbocycles. The van der Waals surface area contributed by atoms with Crippen molar-refractivity contribution in [2.24, 2.45) is 0 Å². The van der Waals surface area contributed by atoms with Crippen molar-refractivity contribution in [3.63, 3.8) is 0 Å². The van der Waals surface area contributed by atoms with Crippen LogP contribution in [-0.4, -0.2) is 35.1 Å². The second kappa shape index (κ2) is 6.05. The van der Waals surface area contributed by atoms with Crippen LogP contribution in [0, 0.1) is 0 Å². The lowest BCUT2D eigenvalue weighted by molar-refractivity contribution is 0.171. The smallest absolute Gasteiger partial charge is 0.124 e. The molecule has 1 aliphatic heterocycles. The number of hydrogen-bond acceptors (Lipinski definition) is 4. The van der Waals surface area contributed by atoms with Gasteiger partial charge >= 0.3 is 0 Å². The van der Waals surface area contributed by atoms with Crippen molar-refractivity contribution in [2.75, 3.05) is 25.6 Å². The Morgan fingerprint density at radius 3 is 3.19 bits per heavy atom. The Labute approximate surface area is 128 Å². The number of aromatic nitrogens is 2.